The molecule has 0 radical (unpaired) electrons. The number of nitrogens with two attached hydrogens (primary N) is 1. The predicted octanol–water partition coefficient (Wildman–Crippen LogP) is 0.516. The van der Waals surface area contributed by atoms with Crippen LogP contribution < -0.4 is 10.5 Å². The van der Waals surface area contributed by atoms with Gasteiger partial charge in [0.1, 0.15) is 0 Å². The lowest BCUT2D eigenvalue weighted by Gasteiger charge is -2.13. The van der Waals surface area contributed by atoms with E-state index >= 15 is 0 Å². The van der Waals surface area contributed by atoms with Crippen molar-refractivity contribution in [3.63, 3.8) is 0 Å². The highest BCUT2D eigenvalue weighted by atomic mass is 32.2. The Bertz CT molecular complexity index is 545. The van der Waals surface area contributed by atoms with E-state index in [1.165, 1.54) is 0 Å². The van der Waals surface area contributed by atoms with Crippen molar-refractivity contribution in [2.75, 3.05) is 26.7 Å². The summed E-state index contributed by atoms with van der Waals surface area (Å²) in [6.45, 7) is 2.89. The summed E-state index contributed by atoms with van der Waals surface area (Å²) >= 11 is 0. The molecule has 1 unspecified atom stereocenters. The summed E-state index contributed by atoms with van der Waals surface area (Å²) < 4.78 is 27.0. The minimum Gasteiger partial charge on any atom is -0.326 e. The van der Waals surface area contributed by atoms with Gasteiger partial charge < -0.3 is 10.6 Å². The fourth-order valence-corrected chi connectivity index (χ4v) is 3.87. The van der Waals surface area contributed by atoms with Crippen molar-refractivity contribution in [1.29, 1.82) is 0 Å². The number of likely N-dealkylation sites (tertiary alicyclic amines) is 1. The van der Waals surface area contributed by atoms with Crippen molar-refractivity contribution in [1.82, 2.24) is 9.62 Å². The van der Waals surface area contributed by atoms with E-state index in [0.29, 0.717) is 19.0 Å². The molecular formula is C14H23N3O2S. The fourth-order valence-electron chi connectivity index (χ4n) is 2.59. The third kappa shape index (κ3) is 4.28. The van der Waals surface area contributed by atoms with Crippen molar-refractivity contribution < 1.29 is 8.42 Å². The maximum absolute atomic E-state index is 12.1. The van der Waals surface area contributed by atoms with Crippen molar-refractivity contribution >= 4 is 10.0 Å². The summed E-state index contributed by atoms with van der Waals surface area (Å²) in [6, 6.07) is 7.41. The van der Waals surface area contributed by atoms with Gasteiger partial charge in [0.05, 0.1) is 5.75 Å². The van der Waals surface area contributed by atoms with Gasteiger partial charge in [-0.15, -0.1) is 0 Å². The van der Waals surface area contributed by atoms with Crippen LogP contribution in [0.4, 0.5) is 0 Å². The predicted molar refractivity (Wildman–Crippen MR) is 80.6 cm³/mol. The van der Waals surface area contributed by atoms with Crippen LogP contribution >= 0.6 is 0 Å². The quantitative estimate of drug-likeness (QED) is 0.802. The first-order chi connectivity index (χ1) is 9.50. The zero-order chi connectivity index (χ0) is 14.6. The first-order valence-corrected chi connectivity index (χ1v) is 8.58. The monoisotopic (exact) mass is 297 g/mol. The molecule has 0 saturated carbocycles. The van der Waals surface area contributed by atoms with Crippen molar-refractivity contribution in [2.24, 2.45) is 11.7 Å². The number of nitrogens with one attached hydrogen (secondary N) is 1. The molecule has 1 atom stereocenters. The van der Waals surface area contributed by atoms with E-state index in [-0.39, 0.29) is 5.75 Å². The zero-order valence-electron chi connectivity index (χ0n) is 11.9. The molecule has 1 aliphatic heterocycles. The lowest BCUT2D eigenvalue weighted by atomic mass is 10.1. The fraction of sp³-hybridized carbons (Fsp3) is 0.571. The highest BCUT2D eigenvalue weighted by Crippen LogP contribution is 2.15. The molecule has 1 heterocycles. The molecule has 0 amide bonds. The lowest BCUT2D eigenvalue weighted by Crippen LogP contribution is -2.31. The molecule has 112 valence electrons. The van der Waals surface area contributed by atoms with Gasteiger partial charge in [-0.2, -0.15) is 0 Å². The molecule has 1 aromatic carbocycles. The van der Waals surface area contributed by atoms with Crippen LogP contribution in [0, 0.1) is 5.92 Å². The Balaban J connectivity index is 1.93. The van der Waals surface area contributed by atoms with E-state index < -0.39 is 10.0 Å². The van der Waals surface area contributed by atoms with Crippen LogP contribution in [0.2, 0.25) is 0 Å². The Morgan fingerprint density at radius 2 is 2.05 bits per heavy atom. The minimum absolute atomic E-state index is 0.00291. The number of hydrogen-bond acceptors (Lipinski definition) is 4. The van der Waals surface area contributed by atoms with Gasteiger partial charge in [0.2, 0.25) is 10.0 Å². The molecule has 2 rings (SSSR count). The van der Waals surface area contributed by atoms with E-state index in [4.69, 9.17) is 5.73 Å². The number of nitrogens with zero attached hydrogens (tertiary/aromatic N) is 1. The van der Waals surface area contributed by atoms with Gasteiger partial charge in [0, 0.05) is 19.6 Å². The average Bonchev–Trinajstić information content (AvgIpc) is 2.83. The van der Waals surface area contributed by atoms with Gasteiger partial charge in [0.15, 0.2) is 0 Å². The van der Waals surface area contributed by atoms with Gasteiger partial charge in [-0.25, -0.2) is 13.1 Å². The van der Waals surface area contributed by atoms with Crippen LogP contribution in [-0.2, 0) is 22.3 Å². The molecule has 0 spiro atoms. The van der Waals surface area contributed by atoms with Crippen LogP contribution in [0.5, 0.6) is 0 Å². The summed E-state index contributed by atoms with van der Waals surface area (Å²) in [5.41, 5.74) is 7.31. The van der Waals surface area contributed by atoms with Crippen LogP contribution in [0.1, 0.15) is 17.5 Å². The summed E-state index contributed by atoms with van der Waals surface area (Å²) in [7, 11) is -1.23. The van der Waals surface area contributed by atoms with E-state index in [1.807, 2.05) is 24.3 Å². The lowest BCUT2D eigenvalue weighted by molar-refractivity contribution is 0.394. The third-order valence-corrected chi connectivity index (χ3v) is 5.06. The van der Waals surface area contributed by atoms with E-state index in [0.717, 1.165) is 30.6 Å². The molecule has 20 heavy (non-hydrogen) atoms. The topological polar surface area (TPSA) is 75.4 Å². The standard InChI is InChI=1S/C14H23N3O2S/c1-17-7-6-12(10-17)9-16-20(18,19)11-14-5-3-2-4-13(14)8-15/h2-5,12,16H,6-11,15H2,1H3. The van der Waals surface area contributed by atoms with Gasteiger partial charge in [-0.3, -0.25) is 0 Å². The third-order valence-electron chi connectivity index (χ3n) is 3.76. The van der Waals surface area contributed by atoms with Crippen molar-refractivity contribution in [2.45, 2.75) is 18.7 Å². The molecule has 1 aliphatic rings. The molecule has 0 aliphatic carbocycles. The minimum atomic E-state index is -3.30. The number of benzene rings is 1. The Hall–Kier alpha value is -0.950. The first-order valence-electron chi connectivity index (χ1n) is 6.93. The number of rotatable bonds is 6. The normalized spacial score (nSPS) is 20.4. The van der Waals surface area contributed by atoms with Gasteiger partial charge >= 0.3 is 0 Å². The van der Waals surface area contributed by atoms with Crippen LogP contribution in [0.25, 0.3) is 0 Å². The molecule has 6 heteroatoms. The molecule has 0 bridgehead atoms. The summed E-state index contributed by atoms with van der Waals surface area (Å²) in [5, 5.41) is 0. The Labute approximate surface area is 121 Å². The largest absolute Gasteiger partial charge is 0.326 e. The molecule has 1 saturated heterocycles. The van der Waals surface area contributed by atoms with Crippen molar-refractivity contribution in [3.05, 3.63) is 35.4 Å². The zero-order valence-corrected chi connectivity index (χ0v) is 12.7. The molecule has 0 aromatic heterocycles. The molecular weight excluding hydrogens is 274 g/mol. The van der Waals surface area contributed by atoms with Crippen LogP contribution in [0.15, 0.2) is 24.3 Å². The molecule has 1 aromatic rings. The molecule has 5 nitrogen and oxygen atoms in total. The van der Waals surface area contributed by atoms with Gasteiger partial charge in [-0.1, -0.05) is 24.3 Å². The van der Waals surface area contributed by atoms with E-state index in [9.17, 15) is 8.42 Å². The average molecular weight is 297 g/mol. The van der Waals surface area contributed by atoms with E-state index in [2.05, 4.69) is 16.7 Å². The Morgan fingerprint density at radius 3 is 2.65 bits per heavy atom. The van der Waals surface area contributed by atoms with Crippen LogP contribution in [0.3, 0.4) is 0 Å². The smallest absolute Gasteiger partial charge is 0.215 e. The Morgan fingerprint density at radius 1 is 1.35 bits per heavy atom. The second-order valence-corrected chi connectivity index (χ2v) is 7.30. The second-order valence-electron chi connectivity index (χ2n) is 5.50. The second kappa shape index (κ2) is 6.67. The van der Waals surface area contributed by atoms with Crippen LogP contribution in [-0.4, -0.2) is 40.0 Å². The first kappa shape index (κ1) is 15.4. The summed E-state index contributed by atoms with van der Waals surface area (Å²) in [4.78, 5) is 2.22. The number of hydrogen-bond donors (Lipinski definition) is 2. The van der Waals surface area contributed by atoms with E-state index in [1.54, 1.807) is 0 Å². The maximum Gasteiger partial charge on any atom is 0.215 e. The highest BCUT2D eigenvalue weighted by Gasteiger charge is 2.22. The summed E-state index contributed by atoms with van der Waals surface area (Å²) in [6.07, 6.45) is 1.05. The highest BCUT2D eigenvalue weighted by molar-refractivity contribution is 7.88. The molecule has 3 N–H and O–H groups in total. The molecule has 1 fully saturated rings. The maximum atomic E-state index is 12.1. The SMILES string of the molecule is CN1CCC(CNS(=O)(=O)Cc2ccccc2CN)C1. The number of sulfonamides is 1. The summed E-state index contributed by atoms with van der Waals surface area (Å²) in [5.74, 6) is 0.419. The van der Waals surface area contributed by atoms with Gasteiger partial charge in [-0.05, 0) is 37.1 Å². The Kier molecular flexibility index (Phi) is 5.15. The van der Waals surface area contributed by atoms with Crippen molar-refractivity contribution in [3.8, 4) is 0 Å². The van der Waals surface area contributed by atoms with Gasteiger partial charge in [0.25, 0.3) is 0 Å².